The number of likely N-dealkylation sites (tertiary alicyclic amines) is 1. The molecule has 0 aliphatic carbocycles. The van der Waals surface area contributed by atoms with Crippen molar-refractivity contribution in [3.05, 3.63) is 0 Å². The predicted octanol–water partition coefficient (Wildman–Crippen LogP) is -0.590. The Kier molecular flexibility index (Phi) is 15.9. The van der Waals surface area contributed by atoms with E-state index in [1.807, 2.05) is 13.8 Å². The highest BCUT2D eigenvalue weighted by molar-refractivity contribution is 5.95. The Labute approximate surface area is 230 Å². The van der Waals surface area contributed by atoms with Gasteiger partial charge in [0, 0.05) is 13.0 Å². The molecule has 1 aliphatic rings. The van der Waals surface area contributed by atoms with Crippen LogP contribution in [0.15, 0.2) is 0 Å². The summed E-state index contributed by atoms with van der Waals surface area (Å²) in [4.78, 5) is 75.8. The molecular weight excluding hydrogens is 508 g/mol. The third-order valence-electron chi connectivity index (χ3n) is 6.56. The van der Waals surface area contributed by atoms with Crippen molar-refractivity contribution in [2.24, 2.45) is 17.4 Å². The molecule has 1 aliphatic heterocycles. The predicted molar refractivity (Wildman–Crippen MR) is 144 cm³/mol. The van der Waals surface area contributed by atoms with Crippen molar-refractivity contribution in [2.75, 3.05) is 19.6 Å². The minimum Gasteiger partial charge on any atom is -0.481 e. The molecule has 0 aromatic carbocycles. The lowest BCUT2D eigenvalue weighted by Crippen LogP contribution is -2.57. The van der Waals surface area contributed by atoms with Gasteiger partial charge in [-0.05, 0) is 70.4 Å². The van der Waals surface area contributed by atoms with Crippen LogP contribution in [0.1, 0.15) is 78.1 Å². The molecule has 1 rings (SSSR count). The fourth-order valence-corrected chi connectivity index (χ4v) is 4.48. The summed E-state index contributed by atoms with van der Waals surface area (Å²) in [6, 6.07) is -3.39. The van der Waals surface area contributed by atoms with E-state index in [0.717, 1.165) is 6.29 Å². The first kappa shape index (κ1) is 34.0. The van der Waals surface area contributed by atoms with Crippen molar-refractivity contribution in [2.45, 2.75) is 102 Å². The van der Waals surface area contributed by atoms with Crippen LogP contribution >= 0.6 is 0 Å². The molecule has 0 spiro atoms. The molecule has 39 heavy (non-hydrogen) atoms. The average Bonchev–Trinajstić information content (AvgIpc) is 3.37. The number of carbonyl (C=O) groups excluding carboxylic acids is 5. The first-order valence-corrected chi connectivity index (χ1v) is 13.8. The lowest BCUT2D eigenvalue weighted by Gasteiger charge is -2.29. The molecule has 4 amide bonds. The molecule has 1 fully saturated rings. The molecule has 0 saturated carbocycles. The number of carboxylic acid groups (broad SMARTS) is 1. The quantitative estimate of drug-likeness (QED) is 0.0887. The number of rotatable bonds is 19. The molecule has 222 valence electrons. The number of aliphatic carboxylic acids is 1. The Morgan fingerprint density at radius 3 is 2.10 bits per heavy atom. The van der Waals surface area contributed by atoms with Crippen molar-refractivity contribution in [1.29, 1.82) is 0 Å². The maximum absolute atomic E-state index is 13.4. The van der Waals surface area contributed by atoms with Crippen LogP contribution in [0.3, 0.4) is 0 Å². The third-order valence-corrected chi connectivity index (χ3v) is 6.56. The van der Waals surface area contributed by atoms with Gasteiger partial charge in [-0.3, -0.25) is 24.0 Å². The highest BCUT2D eigenvalue weighted by Gasteiger charge is 2.35. The number of aldehydes is 1. The van der Waals surface area contributed by atoms with Crippen molar-refractivity contribution >= 4 is 35.9 Å². The normalized spacial score (nSPS) is 17.3. The molecule has 1 heterocycles. The number of carboxylic acids is 1. The maximum atomic E-state index is 13.4. The summed E-state index contributed by atoms with van der Waals surface area (Å²) >= 11 is 0. The molecule has 8 N–H and O–H groups in total. The molecule has 0 bridgehead atoms. The minimum absolute atomic E-state index is 0.0121. The number of unbranched alkanes of at least 4 members (excludes halogenated alkanes) is 1. The van der Waals surface area contributed by atoms with Gasteiger partial charge < -0.3 is 42.2 Å². The second-order valence-electron chi connectivity index (χ2n) is 10.4. The fourth-order valence-electron chi connectivity index (χ4n) is 4.48. The first-order chi connectivity index (χ1) is 18.5. The van der Waals surface area contributed by atoms with Crippen LogP contribution in [0.5, 0.6) is 0 Å². The third kappa shape index (κ3) is 12.6. The number of hydrogen-bond donors (Lipinski definition) is 6. The first-order valence-electron chi connectivity index (χ1n) is 13.8. The summed E-state index contributed by atoms with van der Waals surface area (Å²) in [6.07, 6.45) is 3.81. The molecular formula is C26H46N6O7. The van der Waals surface area contributed by atoms with Gasteiger partial charge in [-0.15, -0.1) is 0 Å². The van der Waals surface area contributed by atoms with Gasteiger partial charge in [0.25, 0.3) is 0 Å². The van der Waals surface area contributed by atoms with Gasteiger partial charge in [-0.25, -0.2) is 0 Å². The lowest BCUT2D eigenvalue weighted by molar-refractivity contribution is -0.140. The van der Waals surface area contributed by atoms with E-state index < -0.39 is 47.9 Å². The van der Waals surface area contributed by atoms with Crippen LogP contribution in [0.2, 0.25) is 0 Å². The van der Waals surface area contributed by atoms with Crippen LogP contribution in [-0.4, -0.2) is 89.7 Å². The van der Waals surface area contributed by atoms with Crippen LogP contribution in [0.25, 0.3) is 0 Å². The van der Waals surface area contributed by atoms with Crippen LogP contribution < -0.4 is 27.4 Å². The van der Waals surface area contributed by atoms with E-state index in [2.05, 4.69) is 16.0 Å². The molecule has 0 unspecified atom stereocenters. The number of amides is 4. The van der Waals surface area contributed by atoms with Crippen molar-refractivity contribution < 1.29 is 33.9 Å². The zero-order valence-electron chi connectivity index (χ0n) is 23.2. The summed E-state index contributed by atoms with van der Waals surface area (Å²) in [5.41, 5.74) is 11.2. The molecule has 1 saturated heterocycles. The molecule has 13 nitrogen and oxygen atoms in total. The van der Waals surface area contributed by atoms with Gasteiger partial charge in [-0.1, -0.05) is 13.8 Å². The number of hydrogen-bond acceptors (Lipinski definition) is 8. The van der Waals surface area contributed by atoms with Crippen molar-refractivity contribution in [3.63, 3.8) is 0 Å². The van der Waals surface area contributed by atoms with E-state index in [0.29, 0.717) is 51.7 Å². The van der Waals surface area contributed by atoms with Crippen LogP contribution in [0.4, 0.5) is 0 Å². The van der Waals surface area contributed by atoms with Crippen LogP contribution in [-0.2, 0) is 28.8 Å². The largest absolute Gasteiger partial charge is 0.481 e. The number of carbonyl (C=O) groups is 6. The molecule has 4 atom stereocenters. The summed E-state index contributed by atoms with van der Waals surface area (Å²) in [6.45, 7) is 4.91. The van der Waals surface area contributed by atoms with Gasteiger partial charge in [0.1, 0.15) is 24.4 Å². The van der Waals surface area contributed by atoms with E-state index in [1.165, 1.54) is 4.90 Å². The summed E-state index contributed by atoms with van der Waals surface area (Å²) < 4.78 is 0. The van der Waals surface area contributed by atoms with E-state index in [1.54, 1.807) is 0 Å². The number of nitrogens with zero attached hydrogens (tertiary/aromatic N) is 1. The highest BCUT2D eigenvalue weighted by Crippen LogP contribution is 2.18. The summed E-state index contributed by atoms with van der Waals surface area (Å²) in [7, 11) is 0. The monoisotopic (exact) mass is 554 g/mol. The van der Waals surface area contributed by atoms with Gasteiger partial charge in [0.15, 0.2) is 0 Å². The van der Waals surface area contributed by atoms with Crippen molar-refractivity contribution in [1.82, 2.24) is 20.9 Å². The zero-order valence-corrected chi connectivity index (χ0v) is 23.2. The van der Waals surface area contributed by atoms with E-state index in [4.69, 9.17) is 16.6 Å². The van der Waals surface area contributed by atoms with Gasteiger partial charge in [-0.2, -0.15) is 0 Å². The summed E-state index contributed by atoms with van der Waals surface area (Å²) in [5.74, 6) is -3.19. The average molecular weight is 555 g/mol. The molecule has 13 heteroatoms. The Balaban J connectivity index is 3.03. The van der Waals surface area contributed by atoms with Gasteiger partial charge in [0.05, 0.1) is 12.5 Å². The highest BCUT2D eigenvalue weighted by atomic mass is 16.4. The van der Waals surface area contributed by atoms with E-state index >= 15 is 0 Å². The number of nitrogens with two attached hydrogens (primary N) is 2. The molecule has 0 radical (unpaired) electrons. The van der Waals surface area contributed by atoms with Crippen LogP contribution in [0, 0.1) is 5.92 Å². The maximum Gasteiger partial charge on any atom is 0.303 e. The van der Waals surface area contributed by atoms with Crippen molar-refractivity contribution in [3.8, 4) is 0 Å². The van der Waals surface area contributed by atoms with Gasteiger partial charge >= 0.3 is 5.97 Å². The summed E-state index contributed by atoms with van der Waals surface area (Å²) in [5, 5.41) is 16.9. The minimum atomic E-state index is -1.13. The van der Waals surface area contributed by atoms with E-state index in [9.17, 15) is 28.8 Å². The SMILES string of the molecule is CC(C)C[C@H](NC(=O)[C@H](CCCCN)NC(=O)CCC(=O)O)C(=O)N[C@@H](CCCN)C(=O)N1CCC[C@H]1C=O. The standard InChI is InChI=1S/C26H46N6O7/c1-17(2)15-21(31-24(37)19(8-3-4-12-27)29-22(34)10-11-23(35)36)25(38)30-20(9-5-13-28)26(39)32-14-6-7-18(32)16-33/h16-21H,3-15,27-28H2,1-2H3,(H,29,34)(H,30,38)(H,31,37)(H,35,36)/t18-,19-,20-,21-/m0/s1. The number of nitrogens with one attached hydrogen (secondary N) is 3. The lowest BCUT2D eigenvalue weighted by atomic mass is 10.0. The van der Waals surface area contributed by atoms with E-state index in [-0.39, 0.29) is 43.9 Å². The molecule has 0 aromatic rings. The molecule has 0 aromatic heterocycles. The fraction of sp³-hybridized carbons (Fsp3) is 0.769. The second-order valence-corrected chi connectivity index (χ2v) is 10.4. The smallest absolute Gasteiger partial charge is 0.303 e. The van der Waals surface area contributed by atoms with Gasteiger partial charge in [0.2, 0.25) is 23.6 Å². The topological polar surface area (TPSA) is 214 Å². The Morgan fingerprint density at radius 2 is 1.51 bits per heavy atom. The second kappa shape index (κ2) is 18.3. The Hall–Kier alpha value is -3.06. The zero-order chi connectivity index (χ0) is 29.4. The Bertz CT molecular complexity index is 838. The Morgan fingerprint density at radius 1 is 0.897 bits per heavy atom.